The summed E-state index contributed by atoms with van der Waals surface area (Å²) in [5.41, 5.74) is 2.89. The summed E-state index contributed by atoms with van der Waals surface area (Å²) in [6.07, 6.45) is 6.33. The van der Waals surface area contributed by atoms with E-state index in [1.807, 2.05) is 0 Å². The van der Waals surface area contributed by atoms with Crippen LogP contribution in [0.5, 0.6) is 0 Å². The highest BCUT2D eigenvalue weighted by atomic mass is 15.1. The van der Waals surface area contributed by atoms with E-state index in [0.717, 1.165) is 0 Å². The second-order valence-corrected chi connectivity index (χ2v) is 6.31. The van der Waals surface area contributed by atoms with Crippen LogP contribution in [0.1, 0.15) is 56.7 Å². The summed E-state index contributed by atoms with van der Waals surface area (Å²) in [4.78, 5) is 2.42. The molecule has 0 saturated carbocycles. The van der Waals surface area contributed by atoms with Crippen LogP contribution in [-0.4, -0.2) is 31.1 Å². The molecular formula is C18H30N2. The molecule has 1 unspecified atom stereocenters. The van der Waals surface area contributed by atoms with Crippen LogP contribution in [0.4, 0.5) is 0 Å². The third kappa shape index (κ3) is 4.60. The number of aryl methyl sites for hydroxylation is 1. The summed E-state index contributed by atoms with van der Waals surface area (Å²) in [6, 6.07) is 10.4. The number of nitrogens with one attached hydrogen (secondary N) is 1. The molecule has 0 radical (unpaired) electrons. The van der Waals surface area contributed by atoms with Crippen LogP contribution in [0.15, 0.2) is 24.3 Å². The van der Waals surface area contributed by atoms with Gasteiger partial charge in [0.1, 0.15) is 0 Å². The van der Waals surface area contributed by atoms with E-state index in [1.165, 1.54) is 56.3 Å². The van der Waals surface area contributed by atoms with E-state index >= 15 is 0 Å². The van der Waals surface area contributed by atoms with E-state index in [2.05, 4.69) is 55.4 Å². The van der Waals surface area contributed by atoms with Crippen molar-refractivity contribution in [2.45, 2.75) is 58.0 Å². The zero-order valence-electron chi connectivity index (χ0n) is 13.4. The first-order chi connectivity index (χ1) is 9.69. The van der Waals surface area contributed by atoms with Gasteiger partial charge in [-0.25, -0.2) is 0 Å². The molecule has 1 aromatic rings. The molecular weight excluding hydrogens is 244 g/mol. The lowest BCUT2D eigenvalue weighted by atomic mass is 10.00. The standard InChI is InChI=1S/C18H30N2/c1-4-5-6-16-7-9-17(10-8-16)15(2)19-18-11-13-20(3)14-12-18/h7-10,15,18-19H,4-6,11-14H2,1-3H3. The fraction of sp³-hybridized carbons (Fsp3) is 0.667. The smallest absolute Gasteiger partial charge is 0.0294 e. The van der Waals surface area contributed by atoms with Crippen LogP contribution in [0.3, 0.4) is 0 Å². The molecule has 2 nitrogen and oxygen atoms in total. The zero-order valence-corrected chi connectivity index (χ0v) is 13.4. The lowest BCUT2D eigenvalue weighted by molar-refractivity contribution is 0.226. The van der Waals surface area contributed by atoms with Crippen molar-refractivity contribution >= 4 is 0 Å². The fourth-order valence-corrected chi connectivity index (χ4v) is 2.98. The molecule has 112 valence electrons. The Morgan fingerprint density at radius 2 is 1.85 bits per heavy atom. The van der Waals surface area contributed by atoms with Gasteiger partial charge in [0.25, 0.3) is 0 Å². The first kappa shape index (κ1) is 15.5. The highest BCUT2D eigenvalue weighted by Crippen LogP contribution is 2.18. The normalized spacial score (nSPS) is 19.1. The molecule has 0 aliphatic carbocycles. The van der Waals surface area contributed by atoms with Gasteiger partial charge >= 0.3 is 0 Å². The number of unbranched alkanes of at least 4 members (excludes halogenated alkanes) is 1. The van der Waals surface area contributed by atoms with Crippen molar-refractivity contribution in [1.29, 1.82) is 0 Å². The Labute approximate surface area is 124 Å². The lowest BCUT2D eigenvalue weighted by Gasteiger charge is -2.31. The van der Waals surface area contributed by atoms with E-state index in [-0.39, 0.29) is 0 Å². The van der Waals surface area contributed by atoms with Crippen LogP contribution in [-0.2, 0) is 6.42 Å². The van der Waals surface area contributed by atoms with Crippen LogP contribution in [0.25, 0.3) is 0 Å². The summed E-state index contributed by atoms with van der Waals surface area (Å²) in [5.74, 6) is 0. The first-order valence-corrected chi connectivity index (χ1v) is 8.22. The molecule has 0 aromatic heterocycles. The lowest BCUT2D eigenvalue weighted by Crippen LogP contribution is -2.41. The number of benzene rings is 1. The molecule has 1 N–H and O–H groups in total. The number of hydrogen-bond acceptors (Lipinski definition) is 2. The summed E-state index contributed by atoms with van der Waals surface area (Å²) in [7, 11) is 2.22. The average Bonchev–Trinajstić information content (AvgIpc) is 2.48. The van der Waals surface area contributed by atoms with E-state index in [4.69, 9.17) is 0 Å². The number of piperidine rings is 1. The Bertz CT molecular complexity index is 377. The van der Waals surface area contributed by atoms with Crippen molar-refractivity contribution in [3.63, 3.8) is 0 Å². The Kier molecular flexibility index (Phi) is 6.06. The Morgan fingerprint density at radius 3 is 2.45 bits per heavy atom. The molecule has 0 spiro atoms. The minimum atomic E-state index is 0.462. The highest BCUT2D eigenvalue weighted by Gasteiger charge is 2.18. The third-order valence-electron chi connectivity index (χ3n) is 4.50. The molecule has 1 heterocycles. The second-order valence-electron chi connectivity index (χ2n) is 6.31. The number of nitrogens with zero attached hydrogens (tertiary/aromatic N) is 1. The predicted molar refractivity (Wildman–Crippen MR) is 87.1 cm³/mol. The van der Waals surface area contributed by atoms with Crippen LogP contribution >= 0.6 is 0 Å². The van der Waals surface area contributed by atoms with Crippen molar-refractivity contribution in [2.75, 3.05) is 20.1 Å². The van der Waals surface area contributed by atoms with E-state index in [0.29, 0.717) is 12.1 Å². The van der Waals surface area contributed by atoms with Gasteiger partial charge in [-0.05, 0) is 63.9 Å². The van der Waals surface area contributed by atoms with Crippen LogP contribution in [0.2, 0.25) is 0 Å². The molecule has 20 heavy (non-hydrogen) atoms. The van der Waals surface area contributed by atoms with Crippen molar-refractivity contribution in [1.82, 2.24) is 10.2 Å². The van der Waals surface area contributed by atoms with E-state index in [9.17, 15) is 0 Å². The maximum atomic E-state index is 3.79. The average molecular weight is 274 g/mol. The van der Waals surface area contributed by atoms with Gasteiger partial charge in [-0.1, -0.05) is 37.6 Å². The maximum Gasteiger partial charge on any atom is 0.0294 e. The minimum Gasteiger partial charge on any atom is -0.307 e. The van der Waals surface area contributed by atoms with E-state index in [1.54, 1.807) is 0 Å². The molecule has 0 amide bonds. The SMILES string of the molecule is CCCCc1ccc(C(C)NC2CCN(C)CC2)cc1. The maximum absolute atomic E-state index is 3.79. The number of hydrogen-bond donors (Lipinski definition) is 1. The molecule has 1 saturated heterocycles. The molecule has 1 atom stereocenters. The molecule has 2 heteroatoms. The fourth-order valence-electron chi connectivity index (χ4n) is 2.98. The Hall–Kier alpha value is -0.860. The molecule has 1 fully saturated rings. The summed E-state index contributed by atoms with van der Waals surface area (Å²) < 4.78 is 0. The number of rotatable bonds is 6. The quantitative estimate of drug-likeness (QED) is 0.849. The topological polar surface area (TPSA) is 15.3 Å². The minimum absolute atomic E-state index is 0.462. The molecule has 1 aliphatic heterocycles. The van der Waals surface area contributed by atoms with Gasteiger partial charge in [-0.2, -0.15) is 0 Å². The van der Waals surface area contributed by atoms with Gasteiger partial charge < -0.3 is 10.2 Å². The van der Waals surface area contributed by atoms with Gasteiger partial charge in [0.15, 0.2) is 0 Å². The van der Waals surface area contributed by atoms with Gasteiger partial charge in [0.05, 0.1) is 0 Å². The van der Waals surface area contributed by atoms with Gasteiger partial charge in [-0.3, -0.25) is 0 Å². The molecule has 0 bridgehead atoms. The monoisotopic (exact) mass is 274 g/mol. The third-order valence-corrected chi connectivity index (χ3v) is 4.50. The van der Waals surface area contributed by atoms with Crippen LogP contribution < -0.4 is 5.32 Å². The van der Waals surface area contributed by atoms with Gasteiger partial charge in [0, 0.05) is 12.1 Å². The van der Waals surface area contributed by atoms with Crippen LogP contribution in [0, 0.1) is 0 Å². The van der Waals surface area contributed by atoms with Gasteiger partial charge in [0.2, 0.25) is 0 Å². The Balaban J connectivity index is 1.84. The molecule has 2 rings (SSSR count). The highest BCUT2D eigenvalue weighted by molar-refractivity contribution is 5.25. The van der Waals surface area contributed by atoms with Gasteiger partial charge in [-0.15, -0.1) is 0 Å². The molecule has 1 aliphatic rings. The summed E-state index contributed by atoms with van der Waals surface area (Å²) in [5, 5.41) is 3.79. The van der Waals surface area contributed by atoms with Crippen molar-refractivity contribution in [2.24, 2.45) is 0 Å². The zero-order chi connectivity index (χ0) is 14.4. The van der Waals surface area contributed by atoms with E-state index < -0.39 is 0 Å². The summed E-state index contributed by atoms with van der Waals surface area (Å²) >= 11 is 0. The Morgan fingerprint density at radius 1 is 1.20 bits per heavy atom. The van der Waals surface area contributed by atoms with Crippen molar-refractivity contribution in [3.8, 4) is 0 Å². The summed E-state index contributed by atoms with van der Waals surface area (Å²) in [6.45, 7) is 6.99. The predicted octanol–water partition coefficient (Wildman–Crippen LogP) is 3.77. The molecule has 1 aromatic carbocycles. The number of likely N-dealkylation sites (tertiary alicyclic amines) is 1. The first-order valence-electron chi connectivity index (χ1n) is 8.22. The second kappa shape index (κ2) is 7.80. The largest absolute Gasteiger partial charge is 0.307 e. The van der Waals surface area contributed by atoms with Crippen molar-refractivity contribution < 1.29 is 0 Å². The van der Waals surface area contributed by atoms with Crippen molar-refractivity contribution in [3.05, 3.63) is 35.4 Å².